The third-order valence-electron chi connectivity index (χ3n) is 3.90. The Bertz CT molecular complexity index is 903. The molecule has 0 saturated heterocycles. The van der Waals surface area contributed by atoms with Gasteiger partial charge in [-0.2, -0.15) is 0 Å². The van der Waals surface area contributed by atoms with Crippen molar-refractivity contribution in [2.75, 3.05) is 5.32 Å². The molecule has 26 heavy (non-hydrogen) atoms. The van der Waals surface area contributed by atoms with Gasteiger partial charge in [-0.25, -0.2) is 0 Å². The Morgan fingerprint density at radius 3 is 2.58 bits per heavy atom. The lowest BCUT2D eigenvalue weighted by Crippen LogP contribution is -2.29. The summed E-state index contributed by atoms with van der Waals surface area (Å²) in [5.74, 6) is -0.337. The molecule has 0 atom stereocenters. The molecule has 1 amide bonds. The number of halogens is 1. The standard InChI is InChI=1S/C19H23BrN4O2/c1-10(2)23-17-7-13(20)6-14(15(17)8-21)18(25)22-9-16-11(3)5-12(4)24-19(16)26/h5-8,10,21,23H,9H2,1-4H3,(H,22,25)(H,24,26). The third-order valence-corrected chi connectivity index (χ3v) is 4.36. The normalized spacial score (nSPS) is 10.7. The number of aromatic amines is 1. The summed E-state index contributed by atoms with van der Waals surface area (Å²) < 4.78 is 0.737. The summed E-state index contributed by atoms with van der Waals surface area (Å²) in [4.78, 5) is 27.5. The maximum atomic E-state index is 12.7. The van der Waals surface area contributed by atoms with E-state index < -0.39 is 0 Å². The smallest absolute Gasteiger partial charge is 0.253 e. The van der Waals surface area contributed by atoms with E-state index in [0.29, 0.717) is 22.4 Å². The van der Waals surface area contributed by atoms with Gasteiger partial charge in [0, 0.05) is 45.8 Å². The lowest BCUT2D eigenvalue weighted by molar-refractivity contribution is 0.0950. The minimum atomic E-state index is -0.337. The highest BCUT2D eigenvalue weighted by molar-refractivity contribution is 9.10. The molecule has 4 N–H and O–H groups in total. The number of hydrogen-bond acceptors (Lipinski definition) is 4. The van der Waals surface area contributed by atoms with Crippen LogP contribution >= 0.6 is 15.9 Å². The number of H-pyrrole nitrogens is 1. The summed E-state index contributed by atoms with van der Waals surface area (Å²) in [5, 5.41) is 13.7. The number of carbonyl (C=O) groups is 1. The quantitative estimate of drug-likeness (QED) is 0.540. The second-order valence-electron chi connectivity index (χ2n) is 6.48. The monoisotopic (exact) mass is 418 g/mol. The van der Waals surface area contributed by atoms with Gasteiger partial charge in [-0.05, 0) is 51.5 Å². The van der Waals surface area contributed by atoms with E-state index in [0.717, 1.165) is 21.9 Å². The molecular weight excluding hydrogens is 396 g/mol. The van der Waals surface area contributed by atoms with Crippen molar-refractivity contribution in [1.82, 2.24) is 10.3 Å². The molecule has 0 radical (unpaired) electrons. The Kier molecular flexibility index (Phi) is 6.37. The van der Waals surface area contributed by atoms with Crippen LogP contribution in [0.2, 0.25) is 0 Å². The van der Waals surface area contributed by atoms with Crippen LogP contribution in [0.25, 0.3) is 0 Å². The molecule has 0 aliphatic carbocycles. The van der Waals surface area contributed by atoms with Gasteiger partial charge < -0.3 is 21.0 Å². The van der Waals surface area contributed by atoms with E-state index in [9.17, 15) is 9.59 Å². The molecular formula is C19H23BrN4O2. The summed E-state index contributed by atoms with van der Waals surface area (Å²) in [7, 11) is 0. The van der Waals surface area contributed by atoms with Crippen LogP contribution in [0.3, 0.4) is 0 Å². The van der Waals surface area contributed by atoms with Crippen molar-refractivity contribution in [3.63, 3.8) is 0 Å². The first-order valence-electron chi connectivity index (χ1n) is 8.31. The molecule has 0 spiro atoms. The van der Waals surface area contributed by atoms with Crippen LogP contribution in [0.5, 0.6) is 0 Å². The van der Waals surface area contributed by atoms with Crippen molar-refractivity contribution in [3.8, 4) is 0 Å². The van der Waals surface area contributed by atoms with E-state index in [-0.39, 0.29) is 24.1 Å². The molecule has 0 bridgehead atoms. The minimum absolute atomic E-state index is 0.122. The molecule has 138 valence electrons. The average Bonchev–Trinajstić information content (AvgIpc) is 2.52. The number of benzene rings is 1. The molecule has 2 aromatic rings. The van der Waals surface area contributed by atoms with Gasteiger partial charge in [0.1, 0.15) is 0 Å². The third kappa shape index (κ3) is 4.60. The van der Waals surface area contributed by atoms with Gasteiger partial charge >= 0.3 is 0 Å². The SMILES string of the molecule is Cc1cc(C)c(CNC(=O)c2cc(Br)cc(NC(C)C)c2C=N)c(=O)[nH]1. The zero-order valence-corrected chi connectivity index (χ0v) is 16.9. The van der Waals surface area contributed by atoms with Gasteiger partial charge in [-0.15, -0.1) is 0 Å². The molecule has 1 aromatic carbocycles. The summed E-state index contributed by atoms with van der Waals surface area (Å²) in [5.41, 5.74) is 3.52. The molecule has 1 heterocycles. The first kappa shape index (κ1) is 19.9. The summed E-state index contributed by atoms with van der Waals surface area (Å²) in [6, 6.07) is 5.54. The Labute approximate surface area is 161 Å². The first-order valence-corrected chi connectivity index (χ1v) is 9.10. The van der Waals surface area contributed by atoms with E-state index in [2.05, 4.69) is 31.5 Å². The number of carbonyl (C=O) groups excluding carboxylic acids is 1. The number of rotatable bonds is 6. The molecule has 0 saturated carbocycles. The fraction of sp³-hybridized carbons (Fsp3) is 0.316. The Morgan fingerprint density at radius 2 is 2.00 bits per heavy atom. The summed E-state index contributed by atoms with van der Waals surface area (Å²) in [6.07, 6.45) is 1.16. The lowest BCUT2D eigenvalue weighted by Gasteiger charge is -2.16. The molecule has 0 aliphatic rings. The van der Waals surface area contributed by atoms with Crippen molar-refractivity contribution < 1.29 is 4.79 Å². The van der Waals surface area contributed by atoms with Crippen LogP contribution in [0, 0.1) is 19.3 Å². The van der Waals surface area contributed by atoms with Crippen molar-refractivity contribution in [2.24, 2.45) is 0 Å². The van der Waals surface area contributed by atoms with Crippen molar-refractivity contribution in [2.45, 2.75) is 40.3 Å². The zero-order chi connectivity index (χ0) is 19.4. The van der Waals surface area contributed by atoms with Gasteiger partial charge in [0.05, 0.1) is 5.56 Å². The number of nitrogens with one attached hydrogen (secondary N) is 4. The van der Waals surface area contributed by atoms with Crippen molar-refractivity contribution >= 4 is 33.7 Å². The van der Waals surface area contributed by atoms with Gasteiger partial charge in [0.25, 0.3) is 11.5 Å². The average molecular weight is 419 g/mol. The predicted molar refractivity (Wildman–Crippen MR) is 108 cm³/mol. The minimum Gasteiger partial charge on any atom is -0.382 e. The van der Waals surface area contributed by atoms with Gasteiger partial charge in [0.15, 0.2) is 0 Å². The number of pyridine rings is 1. The van der Waals surface area contributed by atoms with E-state index in [1.807, 2.05) is 39.8 Å². The molecule has 6 nitrogen and oxygen atoms in total. The van der Waals surface area contributed by atoms with Crippen LogP contribution in [-0.4, -0.2) is 23.1 Å². The van der Waals surface area contributed by atoms with Crippen LogP contribution in [0.4, 0.5) is 5.69 Å². The fourth-order valence-electron chi connectivity index (χ4n) is 2.76. The number of hydrogen-bond donors (Lipinski definition) is 4. The fourth-order valence-corrected chi connectivity index (χ4v) is 3.21. The number of amides is 1. The Hall–Kier alpha value is -2.41. The van der Waals surface area contributed by atoms with Gasteiger partial charge in [-0.3, -0.25) is 9.59 Å². The van der Waals surface area contributed by atoms with E-state index in [1.54, 1.807) is 6.07 Å². The van der Waals surface area contributed by atoms with Gasteiger partial charge in [0.2, 0.25) is 0 Å². The van der Waals surface area contributed by atoms with Crippen molar-refractivity contribution in [3.05, 3.63) is 61.0 Å². The van der Waals surface area contributed by atoms with Crippen molar-refractivity contribution in [1.29, 1.82) is 5.41 Å². The molecule has 1 aromatic heterocycles. The Morgan fingerprint density at radius 1 is 1.31 bits per heavy atom. The largest absolute Gasteiger partial charge is 0.382 e. The number of anilines is 1. The van der Waals surface area contributed by atoms with E-state index >= 15 is 0 Å². The summed E-state index contributed by atoms with van der Waals surface area (Å²) >= 11 is 3.41. The molecule has 7 heteroatoms. The number of aryl methyl sites for hydroxylation is 2. The molecule has 0 aliphatic heterocycles. The summed E-state index contributed by atoms with van der Waals surface area (Å²) in [6.45, 7) is 7.76. The molecule has 0 fully saturated rings. The van der Waals surface area contributed by atoms with Crippen LogP contribution in [0.15, 0.2) is 27.5 Å². The van der Waals surface area contributed by atoms with Crippen LogP contribution in [0.1, 0.15) is 46.6 Å². The highest BCUT2D eigenvalue weighted by atomic mass is 79.9. The van der Waals surface area contributed by atoms with Crippen LogP contribution < -0.4 is 16.2 Å². The first-order chi connectivity index (χ1) is 12.2. The van der Waals surface area contributed by atoms with E-state index in [1.165, 1.54) is 0 Å². The number of aromatic nitrogens is 1. The molecule has 2 rings (SSSR count). The van der Waals surface area contributed by atoms with E-state index in [4.69, 9.17) is 5.41 Å². The molecule has 0 unspecified atom stereocenters. The highest BCUT2D eigenvalue weighted by Crippen LogP contribution is 2.25. The maximum absolute atomic E-state index is 12.7. The highest BCUT2D eigenvalue weighted by Gasteiger charge is 2.16. The second-order valence-corrected chi connectivity index (χ2v) is 7.40. The zero-order valence-electron chi connectivity index (χ0n) is 15.3. The predicted octanol–water partition coefficient (Wildman–Crippen LogP) is 3.50. The van der Waals surface area contributed by atoms with Gasteiger partial charge in [-0.1, -0.05) is 15.9 Å². The Balaban J connectivity index is 2.31. The lowest BCUT2D eigenvalue weighted by atomic mass is 10.0. The second kappa shape index (κ2) is 8.31. The maximum Gasteiger partial charge on any atom is 0.253 e. The van der Waals surface area contributed by atoms with Crippen LogP contribution in [-0.2, 0) is 6.54 Å². The topological polar surface area (TPSA) is 97.8 Å².